The number of rotatable bonds is 4. The molecule has 8 aromatic rings. The number of sulfone groups is 1. The van der Waals surface area contributed by atoms with Gasteiger partial charge in [-0.05, 0) is 72.8 Å². The second-order valence-corrected chi connectivity index (χ2v) is 12.2. The number of hydrogen-bond acceptors (Lipinski definition) is 2. The lowest BCUT2D eigenvalue weighted by Gasteiger charge is -2.11. The average Bonchev–Trinajstić information content (AvgIpc) is 3.54. The van der Waals surface area contributed by atoms with Crippen molar-refractivity contribution in [1.29, 1.82) is 0 Å². The highest BCUT2D eigenvalue weighted by atomic mass is 32.2. The van der Waals surface area contributed by atoms with Crippen LogP contribution < -0.4 is 0 Å². The van der Waals surface area contributed by atoms with Gasteiger partial charge in [0.15, 0.2) is 0 Å². The van der Waals surface area contributed by atoms with Gasteiger partial charge in [-0.3, -0.25) is 0 Å². The average molecular weight is 549 g/mol. The first kappa shape index (κ1) is 23.7. The summed E-state index contributed by atoms with van der Waals surface area (Å²) in [5.74, 6) is 0. The molecule has 4 nitrogen and oxygen atoms in total. The smallest absolute Gasteiger partial charge is 0.206 e. The quantitative estimate of drug-likeness (QED) is 0.221. The standard InChI is InChI=1S/C36H24N2O2S/c39-41(40,27-21-17-25(18-22-27)37-33-13-5-1-9-29(33)30-10-2-6-14-34(30)37)28-23-19-26(20-24-28)38-35-15-7-3-11-31(35)32-12-4-8-16-36(32)38/h1-24H. The third-order valence-electron chi connectivity index (χ3n) is 7.97. The Kier molecular flexibility index (Phi) is 5.18. The van der Waals surface area contributed by atoms with Gasteiger partial charge in [0.25, 0.3) is 0 Å². The van der Waals surface area contributed by atoms with Crippen LogP contribution in [0.2, 0.25) is 0 Å². The van der Waals surface area contributed by atoms with Crippen molar-refractivity contribution in [3.8, 4) is 11.4 Å². The van der Waals surface area contributed by atoms with Crippen LogP contribution in [0.3, 0.4) is 0 Å². The summed E-state index contributed by atoms with van der Waals surface area (Å²) in [7, 11) is -3.70. The first-order valence-corrected chi connectivity index (χ1v) is 15.0. The van der Waals surface area contributed by atoms with Crippen LogP contribution >= 0.6 is 0 Å². The predicted molar refractivity (Wildman–Crippen MR) is 167 cm³/mol. The molecule has 0 spiro atoms. The molecule has 8 rings (SSSR count). The van der Waals surface area contributed by atoms with Gasteiger partial charge in [0.1, 0.15) is 0 Å². The summed E-state index contributed by atoms with van der Waals surface area (Å²) in [6.07, 6.45) is 0. The maximum atomic E-state index is 13.7. The van der Waals surface area contributed by atoms with Crippen LogP contribution in [0.25, 0.3) is 55.0 Å². The number of benzene rings is 6. The highest BCUT2D eigenvalue weighted by Crippen LogP contribution is 2.34. The van der Waals surface area contributed by atoms with Gasteiger partial charge >= 0.3 is 0 Å². The number of fused-ring (bicyclic) bond motifs is 6. The van der Waals surface area contributed by atoms with E-state index in [2.05, 4.69) is 57.7 Å². The van der Waals surface area contributed by atoms with Crippen molar-refractivity contribution >= 4 is 53.4 Å². The van der Waals surface area contributed by atoms with Crippen molar-refractivity contribution in [2.24, 2.45) is 0 Å². The minimum absolute atomic E-state index is 0.270. The summed E-state index contributed by atoms with van der Waals surface area (Å²) in [5.41, 5.74) is 6.19. The van der Waals surface area contributed by atoms with Gasteiger partial charge in [-0.1, -0.05) is 72.8 Å². The van der Waals surface area contributed by atoms with Gasteiger partial charge in [0.2, 0.25) is 9.84 Å². The number of nitrogens with zero attached hydrogens (tertiary/aromatic N) is 2. The predicted octanol–water partition coefficient (Wildman–Crippen LogP) is 8.71. The molecule has 0 aliphatic carbocycles. The molecule has 0 atom stereocenters. The SMILES string of the molecule is O=S(=O)(c1ccc(-n2c3ccccc3c3ccccc32)cc1)c1ccc(-n2c3ccccc3c3ccccc32)cc1. The van der Waals surface area contributed by atoms with Gasteiger partial charge in [-0.15, -0.1) is 0 Å². The molecule has 0 amide bonds. The fourth-order valence-corrected chi connectivity index (χ4v) is 7.35. The van der Waals surface area contributed by atoms with Crippen LogP contribution in [0.4, 0.5) is 0 Å². The van der Waals surface area contributed by atoms with E-state index < -0.39 is 9.84 Å². The first-order valence-electron chi connectivity index (χ1n) is 13.5. The molecule has 0 fully saturated rings. The Hall–Kier alpha value is -5.13. The molecule has 2 heterocycles. The number of hydrogen-bond donors (Lipinski definition) is 0. The van der Waals surface area contributed by atoms with Crippen molar-refractivity contribution in [3.05, 3.63) is 146 Å². The Bertz CT molecular complexity index is 2090. The van der Waals surface area contributed by atoms with Crippen LogP contribution in [-0.4, -0.2) is 17.6 Å². The normalized spacial score (nSPS) is 12.1. The van der Waals surface area contributed by atoms with Gasteiger partial charge < -0.3 is 9.13 Å². The van der Waals surface area contributed by atoms with Crippen molar-refractivity contribution in [2.75, 3.05) is 0 Å². The molecule has 6 aromatic carbocycles. The summed E-state index contributed by atoms with van der Waals surface area (Å²) in [4.78, 5) is 0.540. The molecule has 5 heteroatoms. The van der Waals surface area contributed by atoms with Crippen LogP contribution in [0.15, 0.2) is 155 Å². The summed E-state index contributed by atoms with van der Waals surface area (Å²) in [5, 5.41) is 4.68. The molecule has 41 heavy (non-hydrogen) atoms. The number of aromatic nitrogens is 2. The Morgan fingerprint density at radius 3 is 0.902 bits per heavy atom. The van der Waals surface area contributed by atoms with Gasteiger partial charge in [0.05, 0.1) is 31.9 Å². The van der Waals surface area contributed by atoms with E-state index in [0.29, 0.717) is 0 Å². The van der Waals surface area contributed by atoms with E-state index in [-0.39, 0.29) is 9.79 Å². The maximum absolute atomic E-state index is 13.7. The molecule has 2 aromatic heterocycles. The summed E-state index contributed by atoms with van der Waals surface area (Å²) >= 11 is 0. The zero-order valence-electron chi connectivity index (χ0n) is 22.0. The van der Waals surface area contributed by atoms with Crippen molar-refractivity contribution < 1.29 is 8.42 Å². The van der Waals surface area contributed by atoms with Crippen LogP contribution in [0, 0.1) is 0 Å². The van der Waals surface area contributed by atoms with Gasteiger partial charge in [-0.25, -0.2) is 8.42 Å². The molecule has 0 aliphatic heterocycles. The third kappa shape index (κ3) is 3.56. The first-order chi connectivity index (χ1) is 20.1. The van der Waals surface area contributed by atoms with Crippen LogP contribution in [0.5, 0.6) is 0 Å². The third-order valence-corrected chi connectivity index (χ3v) is 9.76. The molecule has 0 bridgehead atoms. The Balaban J connectivity index is 1.18. The second kappa shape index (κ2) is 8.95. The Morgan fingerprint density at radius 2 is 0.610 bits per heavy atom. The van der Waals surface area contributed by atoms with E-state index in [0.717, 1.165) is 33.4 Å². The maximum Gasteiger partial charge on any atom is 0.206 e. The second-order valence-electron chi connectivity index (χ2n) is 10.2. The van der Waals surface area contributed by atoms with Gasteiger partial charge in [0, 0.05) is 32.9 Å². The van der Waals surface area contributed by atoms with E-state index >= 15 is 0 Å². The summed E-state index contributed by atoms with van der Waals surface area (Å²) in [6.45, 7) is 0. The monoisotopic (exact) mass is 548 g/mol. The summed E-state index contributed by atoms with van der Waals surface area (Å²) in [6, 6.07) is 47.5. The van der Waals surface area contributed by atoms with E-state index in [1.807, 2.05) is 72.8 Å². The van der Waals surface area contributed by atoms with Crippen molar-refractivity contribution in [1.82, 2.24) is 9.13 Å². The van der Waals surface area contributed by atoms with Crippen molar-refractivity contribution in [3.63, 3.8) is 0 Å². The van der Waals surface area contributed by atoms with E-state index in [4.69, 9.17) is 0 Å². The lowest BCUT2D eigenvalue weighted by molar-refractivity contribution is 0.596. The van der Waals surface area contributed by atoms with Crippen LogP contribution in [-0.2, 0) is 9.84 Å². The lowest BCUT2D eigenvalue weighted by Crippen LogP contribution is -2.03. The molecular formula is C36H24N2O2S. The van der Waals surface area contributed by atoms with E-state index in [1.165, 1.54) is 21.5 Å². The minimum Gasteiger partial charge on any atom is -0.309 e. The molecule has 0 aliphatic rings. The highest BCUT2D eigenvalue weighted by Gasteiger charge is 2.19. The highest BCUT2D eigenvalue weighted by molar-refractivity contribution is 7.91. The molecule has 0 radical (unpaired) electrons. The van der Waals surface area contributed by atoms with Crippen LogP contribution in [0.1, 0.15) is 0 Å². The van der Waals surface area contributed by atoms with E-state index in [9.17, 15) is 8.42 Å². The zero-order chi connectivity index (χ0) is 27.6. The van der Waals surface area contributed by atoms with E-state index in [1.54, 1.807) is 24.3 Å². The molecule has 0 saturated heterocycles. The molecule has 0 N–H and O–H groups in total. The lowest BCUT2D eigenvalue weighted by atomic mass is 10.2. The minimum atomic E-state index is -3.70. The molecule has 0 unspecified atom stereocenters. The Labute approximate surface area is 237 Å². The number of para-hydroxylation sites is 4. The molecule has 0 saturated carbocycles. The molecule has 196 valence electrons. The fraction of sp³-hybridized carbons (Fsp3) is 0. The van der Waals surface area contributed by atoms with Crippen molar-refractivity contribution in [2.45, 2.75) is 9.79 Å². The van der Waals surface area contributed by atoms with Gasteiger partial charge in [-0.2, -0.15) is 0 Å². The zero-order valence-corrected chi connectivity index (χ0v) is 22.8. The summed E-state index contributed by atoms with van der Waals surface area (Å²) < 4.78 is 31.7. The topological polar surface area (TPSA) is 44.0 Å². The fourth-order valence-electron chi connectivity index (χ4n) is 6.09. The Morgan fingerprint density at radius 1 is 0.341 bits per heavy atom. The molecular weight excluding hydrogens is 524 g/mol. The largest absolute Gasteiger partial charge is 0.309 e.